The Labute approximate surface area is 125 Å². The summed E-state index contributed by atoms with van der Waals surface area (Å²) >= 11 is 0. The second-order valence-corrected chi connectivity index (χ2v) is 4.90. The summed E-state index contributed by atoms with van der Waals surface area (Å²) in [6.07, 6.45) is 0. The molecule has 0 heterocycles. The molecule has 0 fully saturated rings. The maximum absolute atomic E-state index is 13.1. The fourth-order valence-corrected chi connectivity index (χ4v) is 2.52. The highest BCUT2D eigenvalue weighted by atomic mass is 19.1. The lowest BCUT2D eigenvalue weighted by Crippen LogP contribution is -2.20. The lowest BCUT2D eigenvalue weighted by molar-refractivity contribution is 0.407. The minimum atomic E-state index is -0.243. The summed E-state index contributed by atoms with van der Waals surface area (Å²) in [5.74, 6) is 0.524. The zero-order chi connectivity index (χ0) is 15.4. The predicted octanol–water partition coefficient (Wildman–Crippen LogP) is 4.01. The molecule has 2 rings (SSSR count). The minimum absolute atomic E-state index is 0.161. The fourth-order valence-electron chi connectivity index (χ4n) is 2.52. The summed E-state index contributed by atoms with van der Waals surface area (Å²) in [5.41, 5.74) is 8.98. The normalized spacial score (nSPS) is 12.0. The van der Waals surface area contributed by atoms with Gasteiger partial charge in [-0.1, -0.05) is 6.07 Å². The number of hydrogen-bond acceptors (Lipinski definition) is 3. The third-order valence-electron chi connectivity index (χ3n) is 3.46. The zero-order valence-corrected chi connectivity index (χ0v) is 12.6. The van der Waals surface area contributed by atoms with Gasteiger partial charge in [0.2, 0.25) is 0 Å². The van der Waals surface area contributed by atoms with Gasteiger partial charge < -0.3 is 15.4 Å². The maximum atomic E-state index is 13.1. The molecule has 1 atom stereocenters. The van der Waals surface area contributed by atoms with E-state index in [4.69, 9.17) is 10.5 Å². The standard InChI is InChI=1S/C17H21FN2O/c1-4-20(14-10-8-13(18)9-11-14)15-6-5-7-16(21-3)17(15)12(2)19/h5-12H,4,19H2,1-3H3/t12-/m0/s1. The van der Waals surface area contributed by atoms with E-state index >= 15 is 0 Å². The van der Waals surface area contributed by atoms with Crippen LogP contribution in [0.3, 0.4) is 0 Å². The molecule has 2 aromatic rings. The highest BCUT2D eigenvalue weighted by molar-refractivity contribution is 5.69. The largest absolute Gasteiger partial charge is 0.496 e. The molecule has 0 aromatic heterocycles. The number of ether oxygens (including phenoxy) is 1. The second-order valence-electron chi connectivity index (χ2n) is 4.90. The monoisotopic (exact) mass is 288 g/mol. The van der Waals surface area contributed by atoms with Gasteiger partial charge in [-0.05, 0) is 50.2 Å². The van der Waals surface area contributed by atoms with Gasteiger partial charge in [-0.2, -0.15) is 0 Å². The molecule has 4 heteroatoms. The van der Waals surface area contributed by atoms with Crippen LogP contribution in [0.4, 0.5) is 15.8 Å². The van der Waals surface area contributed by atoms with Crippen molar-refractivity contribution in [3.8, 4) is 5.75 Å². The van der Waals surface area contributed by atoms with E-state index in [2.05, 4.69) is 4.90 Å². The summed E-state index contributed by atoms with van der Waals surface area (Å²) in [4.78, 5) is 2.10. The van der Waals surface area contributed by atoms with Crippen LogP contribution in [0.1, 0.15) is 25.5 Å². The predicted molar refractivity (Wildman–Crippen MR) is 84.7 cm³/mol. The number of hydrogen-bond donors (Lipinski definition) is 1. The van der Waals surface area contributed by atoms with Crippen LogP contribution in [0.5, 0.6) is 5.75 Å². The molecule has 0 amide bonds. The summed E-state index contributed by atoms with van der Waals surface area (Å²) in [5, 5.41) is 0. The second kappa shape index (κ2) is 6.59. The molecule has 0 unspecified atom stereocenters. The van der Waals surface area contributed by atoms with Gasteiger partial charge in [0.1, 0.15) is 11.6 Å². The van der Waals surface area contributed by atoms with Crippen molar-refractivity contribution in [3.63, 3.8) is 0 Å². The molecule has 0 aliphatic rings. The molecule has 0 saturated heterocycles. The van der Waals surface area contributed by atoms with Crippen LogP contribution in [0, 0.1) is 5.82 Å². The van der Waals surface area contributed by atoms with Crippen LogP contribution < -0.4 is 15.4 Å². The average Bonchev–Trinajstić information content (AvgIpc) is 2.49. The van der Waals surface area contributed by atoms with E-state index in [1.807, 2.05) is 32.0 Å². The first kappa shape index (κ1) is 15.3. The topological polar surface area (TPSA) is 38.5 Å². The first-order chi connectivity index (χ1) is 10.1. The van der Waals surface area contributed by atoms with Crippen molar-refractivity contribution < 1.29 is 9.13 Å². The Bertz CT molecular complexity index is 596. The number of anilines is 2. The fraction of sp³-hybridized carbons (Fsp3) is 0.294. The molecule has 2 N–H and O–H groups in total. The van der Waals surface area contributed by atoms with Crippen LogP contribution in [0.2, 0.25) is 0 Å². The number of benzene rings is 2. The van der Waals surface area contributed by atoms with E-state index in [1.54, 1.807) is 19.2 Å². The summed E-state index contributed by atoms with van der Waals surface area (Å²) in [6, 6.07) is 12.1. The Morgan fingerprint density at radius 1 is 1.19 bits per heavy atom. The number of nitrogens with zero attached hydrogens (tertiary/aromatic N) is 1. The number of rotatable bonds is 5. The van der Waals surface area contributed by atoms with E-state index in [0.717, 1.165) is 29.2 Å². The van der Waals surface area contributed by atoms with Gasteiger partial charge in [-0.25, -0.2) is 4.39 Å². The molecule has 0 aliphatic carbocycles. The van der Waals surface area contributed by atoms with Gasteiger partial charge >= 0.3 is 0 Å². The van der Waals surface area contributed by atoms with Gasteiger partial charge in [0, 0.05) is 29.5 Å². The van der Waals surface area contributed by atoms with Crippen molar-refractivity contribution in [3.05, 3.63) is 53.8 Å². The quantitative estimate of drug-likeness (QED) is 0.903. The van der Waals surface area contributed by atoms with Crippen LogP contribution in [-0.2, 0) is 0 Å². The smallest absolute Gasteiger partial charge is 0.125 e. The van der Waals surface area contributed by atoms with E-state index < -0.39 is 0 Å². The summed E-state index contributed by atoms with van der Waals surface area (Å²) < 4.78 is 18.6. The molecule has 0 radical (unpaired) electrons. The number of methoxy groups -OCH3 is 1. The third-order valence-corrected chi connectivity index (χ3v) is 3.46. The van der Waals surface area contributed by atoms with Crippen LogP contribution in [0.25, 0.3) is 0 Å². The SMILES string of the molecule is CCN(c1ccc(F)cc1)c1cccc(OC)c1[C@H](C)N. The number of nitrogens with two attached hydrogens (primary N) is 1. The zero-order valence-electron chi connectivity index (χ0n) is 12.6. The van der Waals surface area contributed by atoms with Gasteiger partial charge in [-0.3, -0.25) is 0 Å². The van der Waals surface area contributed by atoms with Crippen LogP contribution in [0.15, 0.2) is 42.5 Å². The van der Waals surface area contributed by atoms with Crippen molar-refractivity contribution in [1.29, 1.82) is 0 Å². The van der Waals surface area contributed by atoms with Crippen molar-refractivity contribution in [2.24, 2.45) is 5.73 Å². The van der Waals surface area contributed by atoms with E-state index in [1.165, 1.54) is 12.1 Å². The Morgan fingerprint density at radius 2 is 1.86 bits per heavy atom. The first-order valence-corrected chi connectivity index (χ1v) is 7.04. The highest BCUT2D eigenvalue weighted by Crippen LogP contribution is 2.36. The minimum Gasteiger partial charge on any atom is -0.496 e. The average molecular weight is 288 g/mol. The van der Waals surface area contributed by atoms with Crippen LogP contribution >= 0.6 is 0 Å². The molecule has 0 saturated carbocycles. The molecular weight excluding hydrogens is 267 g/mol. The number of halogens is 1. The molecular formula is C17H21FN2O. The molecule has 0 aliphatic heterocycles. The molecule has 2 aromatic carbocycles. The molecule has 0 spiro atoms. The Hall–Kier alpha value is -2.07. The first-order valence-electron chi connectivity index (χ1n) is 7.04. The van der Waals surface area contributed by atoms with Gasteiger partial charge in [0.15, 0.2) is 0 Å². The van der Waals surface area contributed by atoms with E-state index in [0.29, 0.717) is 0 Å². The van der Waals surface area contributed by atoms with Gasteiger partial charge in [0.25, 0.3) is 0 Å². The van der Waals surface area contributed by atoms with E-state index in [-0.39, 0.29) is 11.9 Å². The van der Waals surface area contributed by atoms with Crippen LogP contribution in [-0.4, -0.2) is 13.7 Å². The lowest BCUT2D eigenvalue weighted by atomic mass is 10.0. The lowest BCUT2D eigenvalue weighted by Gasteiger charge is -2.28. The maximum Gasteiger partial charge on any atom is 0.125 e. The van der Waals surface area contributed by atoms with E-state index in [9.17, 15) is 4.39 Å². The highest BCUT2D eigenvalue weighted by Gasteiger charge is 2.18. The summed E-state index contributed by atoms with van der Waals surface area (Å²) in [6.45, 7) is 4.73. The Kier molecular flexibility index (Phi) is 4.81. The van der Waals surface area contributed by atoms with Gasteiger partial charge in [-0.15, -0.1) is 0 Å². The molecule has 3 nitrogen and oxygen atoms in total. The van der Waals surface area contributed by atoms with Crippen molar-refractivity contribution >= 4 is 11.4 Å². The Balaban J connectivity index is 2.54. The summed E-state index contributed by atoms with van der Waals surface area (Å²) in [7, 11) is 1.64. The third kappa shape index (κ3) is 3.16. The van der Waals surface area contributed by atoms with Crippen molar-refractivity contribution in [2.45, 2.75) is 19.9 Å². The molecule has 112 valence electrons. The van der Waals surface area contributed by atoms with Crippen molar-refractivity contribution in [1.82, 2.24) is 0 Å². The Morgan fingerprint density at radius 3 is 2.38 bits per heavy atom. The van der Waals surface area contributed by atoms with Gasteiger partial charge in [0.05, 0.1) is 7.11 Å². The molecule has 21 heavy (non-hydrogen) atoms. The van der Waals surface area contributed by atoms with Crippen molar-refractivity contribution in [2.75, 3.05) is 18.6 Å². The molecule has 0 bridgehead atoms.